The Morgan fingerprint density at radius 2 is 2.38 bits per heavy atom. The zero-order valence-corrected chi connectivity index (χ0v) is 12.6. The van der Waals surface area contributed by atoms with E-state index in [-0.39, 0.29) is 11.9 Å². The minimum atomic E-state index is -0.111. The number of carbonyl (C=O) groups is 1. The fraction of sp³-hybridized carbons (Fsp3) is 0.429. The van der Waals surface area contributed by atoms with Gasteiger partial charge in [0.25, 0.3) is 5.91 Å². The van der Waals surface area contributed by atoms with Gasteiger partial charge in [0, 0.05) is 23.8 Å². The topological polar surface area (TPSA) is 79.8 Å². The van der Waals surface area contributed by atoms with Crippen LogP contribution in [0.5, 0.6) is 0 Å². The number of thiazole rings is 1. The van der Waals surface area contributed by atoms with Crippen LogP contribution in [0.25, 0.3) is 10.7 Å². The molecule has 1 aliphatic heterocycles. The van der Waals surface area contributed by atoms with Gasteiger partial charge in [-0.25, -0.2) is 4.98 Å². The predicted octanol–water partition coefficient (Wildman–Crippen LogP) is 1.33. The number of aromatic nitrogens is 3. The van der Waals surface area contributed by atoms with Crippen LogP contribution in [0.1, 0.15) is 23.8 Å². The fourth-order valence-corrected chi connectivity index (χ4v) is 3.14. The Labute approximate surface area is 127 Å². The molecule has 6 nitrogen and oxygen atoms in total. The molecule has 1 aliphatic rings. The van der Waals surface area contributed by atoms with Crippen LogP contribution in [0.3, 0.4) is 0 Å². The minimum Gasteiger partial charge on any atom is -0.348 e. The Morgan fingerprint density at radius 1 is 1.48 bits per heavy atom. The molecular formula is C14H17N5OS. The molecule has 7 heteroatoms. The third-order valence-electron chi connectivity index (χ3n) is 3.62. The molecule has 2 unspecified atom stereocenters. The van der Waals surface area contributed by atoms with Gasteiger partial charge in [0.15, 0.2) is 0 Å². The fourth-order valence-electron chi connectivity index (χ4n) is 2.38. The maximum Gasteiger partial charge on any atom is 0.271 e. The highest BCUT2D eigenvalue weighted by Gasteiger charge is 2.24. The van der Waals surface area contributed by atoms with Crippen LogP contribution >= 0.6 is 11.3 Å². The summed E-state index contributed by atoms with van der Waals surface area (Å²) in [5.74, 6) is 0.320. The van der Waals surface area contributed by atoms with Gasteiger partial charge in [-0.05, 0) is 25.4 Å². The number of nitrogens with one attached hydrogen (secondary N) is 2. The second-order valence-electron chi connectivity index (χ2n) is 5.18. The van der Waals surface area contributed by atoms with Crippen molar-refractivity contribution in [1.82, 2.24) is 25.6 Å². The molecule has 0 radical (unpaired) electrons. The summed E-state index contributed by atoms with van der Waals surface area (Å²) in [6.07, 6.45) is 5.83. The molecule has 21 heavy (non-hydrogen) atoms. The molecule has 0 bridgehead atoms. The normalized spacial score (nSPS) is 22.0. The quantitative estimate of drug-likeness (QED) is 0.894. The highest BCUT2D eigenvalue weighted by atomic mass is 32.1. The van der Waals surface area contributed by atoms with E-state index in [9.17, 15) is 4.79 Å². The second kappa shape index (κ2) is 6.28. The largest absolute Gasteiger partial charge is 0.348 e. The molecule has 3 rings (SSSR count). The summed E-state index contributed by atoms with van der Waals surface area (Å²) < 4.78 is 0. The monoisotopic (exact) mass is 303 g/mol. The Morgan fingerprint density at radius 3 is 3.14 bits per heavy atom. The van der Waals surface area contributed by atoms with Crippen LogP contribution in [-0.4, -0.2) is 40.0 Å². The molecule has 0 saturated carbocycles. The minimum absolute atomic E-state index is 0.111. The van der Waals surface area contributed by atoms with Gasteiger partial charge < -0.3 is 10.6 Å². The van der Waals surface area contributed by atoms with Gasteiger partial charge in [0.1, 0.15) is 16.4 Å². The van der Waals surface area contributed by atoms with Gasteiger partial charge in [0.05, 0.1) is 6.20 Å². The van der Waals surface area contributed by atoms with E-state index in [0.717, 1.165) is 19.5 Å². The molecule has 2 N–H and O–H groups in total. The number of piperidine rings is 1. The van der Waals surface area contributed by atoms with Crippen LogP contribution in [0.15, 0.2) is 24.0 Å². The molecule has 1 fully saturated rings. The lowest BCUT2D eigenvalue weighted by molar-refractivity contribution is 0.0910. The average molecular weight is 303 g/mol. The van der Waals surface area contributed by atoms with Crippen molar-refractivity contribution in [1.29, 1.82) is 0 Å². The highest BCUT2D eigenvalue weighted by molar-refractivity contribution is 7.13. The molecule has 110 valence electrons. The maximum atomic E-state index is 12.3. The SMILES string of the molecule is CC1CNCCC1NC(=O)c1csc(-c2cnccn2)n1. The summed E-state index contributed by atoms with van der Waals surface area (Å²) in [7, 11) is 0. The number of carbonyl (C=O) groups excluding carboxylic acids is 1. The number of hydrogen-bond acceptors (Lipinski definition) is 6. The van der Waals surface area contributed by atoms with E-state index in [2.05, 4.69) is 32.5 Å². The zero-order valence-electron chi connectivity index (χ0n) is 11.7. The average Bonchev–Trinajstić information content (AvgIpc) is 3.00. The van der Waals surface area contributed by atoms with Crippen LogP contribution in [0.2, 0.25) is 0 Å². The molecule has 0 spiro atoms. The Kier molecular flexibility index (Phi) is 4.21. The third kappa shape index (κ3) is 3.25. The van der Waals surface area contributed by atoms with Crippen molar-refractivity contribution in [3.05, 3.63) is 29.7 Å². The van der Waals surface area contributed by atoms with Crippen molar-refractivity contribution < 1.29 is 4.79 Å². The first-order chi connectivity index (χ1) is 10.2. The van der Waals surface area contributed by atoms with Crippen molar-refractivity contribution in [3.63, 3.8) is 0 Å². The van der Waals surface area contributed by atoms with E-state index in [1.807, 2.05) is 0 Å². The van der Waals surface area contributed by atoms with Gasteiger partial charge in [-0.2, -0.15) is 0 Å². The van der Waals surface area contributed by atoms with E-state index in [1.54, 1.807) is 24.0 Å². The molecule has 3 heterocycles. The number of hydrogen-bond donors (Lipinski definition) is 2. The van der Waals surface area contributed by atoms with Gasteiger partial charge in [-0.1, -0.05) is 6.92 Å². The van der Waals surface area contributed by atoms with E-state index >= 15 is 0 Å². The third-order valence-corrected chi connectivity index (χ3v) is 4.49. The molecule has 2 aromatic rings. The van der Waals surface area contributed by atoms with E-state index in [1.165, 1.54) is 11.3 Å². The molecule has 1 amide bonds. The van der Waals surface area contributed by atoms with Crippen molar-refractivity contribution in [2.24, 2.45) is 5.92 Å². The lowest BCUT2D eigenvalue weighted by Gasteiger charge is -2.29. The second-order valence-corrected chi connectivity index (χ2v) is 6.04. The summed E-state index contributed by atoms with van der Waals surface area (Å²) in [5, 5.41) is 8.89. The number of amides is 1. The van der Waals surface area contributed by atoms with Gasteiger partial charge in [-0.3, -0.25) is 14.8 Å². The summed E-state index contributed by atoms with van der Waals surface area (Å²) in [5.41, 5.74) is 1.14. The lowest BCUT2D eigenvalue weighted by atomic mass is 9.95. The molecular weight excluding hydrogens is 286 g/mol. The smallest absolute Gasteiger partial charge is 0.271 e. The zero-order chi connectivity index (χ0) is 14.7. The van der Waals surface area contributed by atoms with Crippen LogP contribution in [-0.2, 0) is 0 Å². The van der Waals surface area contributed by atoms with Crippen molar-refractivity contribution >= 4 is 17.2 Å². The summed E-state index contributed by atoms with van der Waals surface area (Å²) >= 11 is 1.41. The standard InChI is InChI=1S/C14H17N5OS/c1-9-6-15-3-2-10(9)18-13(20)12-8-21-14(19-12)11-7-16-4-5-17-11/h4-5,7-10,15H,2-3,6H2,1H3,(H,18,20). The molecule has 1 saturated heterocycles. The first-order valence-corrected chi connectivity index (χ1v) is 7.85. The first-order valence-electron chi connectivity index (χ1n) is 6.97. The molecule has 0 aliphatic carbocycles. The van der Waals surface area contributed by atoms with Crippen LogP contribution in [0.4, 0.5) is 0 Å². The highest BCUT2D eigenvalue weighted by Crippen LogP contribution is 2.21. The lowest BCUT2D eigenvalue weighted by Crippen LogP contribution is -2.48. The van der Waals surface area contributed by atoms with Gasteiger partial charge in [-0.15, -0.1) is 11.3 Å². The van der Waals surface area contributed by atoms with Crippen LogP contribution < -0.4 is 10.6 Å². The Balaban J connectivity index is 1.69. The Bertz CT molecular complexity index is 615. The van der Waals surface area contributed by atoms with Gasteiger partial charge in [0.2, 0.25) is 0 Å². The van der Waals surface area contributed by atoms with Crippen molar-refractivity contribution in [2.75, 3.05) is 13.1 Å². The van der Waals surface area contributed by atoms with Crippen molar-refractivity contribution in [2.45, 2.75) is 19.4 Å². The summed E-state index contributed by atoms with van der Waals surface area (Å²) in [4.78, 5) is 24.8. The Hall–Kier alpha value is -1.86. The predicted molar refractivity (Wildman–Crippen MR) is 81.0 cm³/mol. The number of nitrogens with zero attached hydrogens (tertiary/aromatic N) is 3. The van der Waals surface area contributed by atoms with E-state index in [0.29, 0.717) is 22.3 Å². The summed E-state index contributed by atoms with van der Waals surface area (Å²) in [6.45, 7) is 4.02. The summed E-state index contributed by atoms with van der Waals surface area (Å²) in [6, 6.07) is 0.209. The molecule has 2 aromatic heterocycles. The maximum absolute atomic E-state index is 12.3. The molecule has 2 atom stereocenters. The van der Waals surface area contributed by atoms with Gasteiger partial charge >= 0.3 is 0 Å². The number of rotatable bonds is 3. The molecule has 0 aromatic carbocycles. The van der Waals surface area contributed by atoms with E-state index in [4.69, 9.17) is 0 Å². The van der Waals surface area contributed by atoms with E-state index < -0.39 is 0 Å². The van der Waals surface area contributed by atoms with Crippen LogP contribution in [0, 0.1) is 5.92 Å². The van der Waals surface area contributed by atoms with Crippen molar-refractivity contribution in [3.8, 4) is 10.7 Å². The first kappa shape index (κ1) is 14.1.